The van der Waals surface area contributed by atoms with Gasteiger partial charge in [0.25, 0.3) is 5.96 Å². The van der Waals surface area contributed by atoms with Crippen LogP contribution in [0.3, 0.4) is 0 Å². The zero-order valence-corrected chi connectivity index (χ0v) is 26.4. The molecule has 4 N–H and O–H groups in total. The molecule has 42 heavy (non-hydrogen) atoms. The highest BCUT2D eigenvalue weighted by molar-refractivity contribution is 6.47. The highest BCUT2D eigenvalue weighted by atomic mass is 16.7. The van der Waals surface area contributed by atoms with Crippen LogP contribution in [0.15, 0.2) is 4.99 Å². The Labute approximate surface area is 251 Å². The number of hydrogen-bond acceptors (Lipinski definition) is 7. The lowest BCUT2D eigenvalue weighted by Gasteiger charge is -2.64. The summed E-state index contributed by atoms with van der Waals surface area (Å²) in [6.07, 6.45) is 8.80. The summed E-state index contributed by atoms with van der Waals surface area (Å²) in [5.74, 6) is 0.160. The van der Waals surface area contributed by atoms with Crippen molar-refractivity contribution in [2.24, 2.45) is 45.2 Å². The summed E-state index contributed by atoms with van der Waals surface area (Å²) in [6.45, 7) is 13.3. The molecule has 6 atom stereocenters. The number of nitrogens with zero attached hydrogens (tertiary/aromatic N) is 2. The van der Waals surface area contributed by atoms with Crippen LogP contribution in [0.5, 0.6) is 0 Å². The Kier molecular flexibility index (Phi) is 9.97. The van der Waals surface area contributed by atoms with E-state index in [1.165, 1.54) is 0 Å². The van der Waals surface area contributed by atoms with Gasteiger partial charge in [-0.2, -0.15) is 0 Å². The maximum absolute atomic E-state index is 13.9. The third-order valence-electron chi connectivity index (χ3n) is 11.0. The second-order valence-electron chi connectivity index (χ2n) is 14.8. The van der Waals surface area contributed by atoms with Crippen LogP contribution in [0, 0.1) is 44.6 Å². The van der Waals surface area contributed by atoms with Crippen molar-refractivity contribution in [3.05, 3.63) is 10.1 Å². The lowest BCUT2D eigenvalue weighted by Crippen LogP contribution is -2.65. The van der Waals surface area contributed by atoms with Gasteiger partial charge in [-0.15, -0.1) is 0 Å². The van der Waals surface area contributed by atoms with Gasteiger partial charge in [0, 0.05) is 24.3 Å². The van der Waals surface area contributed by atoms with E-state index in [1.54, 1.807) is 0 Å². The number of aliphatic imine (C=N–C) groups is 1. The predicted octanol–water partition coefficient (Wildman–Crippen LogP) is 4.21. The number of nitrogens with one attached hydrogen (secondary N) is 2. The molecule has 0 spiro atoms. The molecule has 1 aliphatic heterocycles. The first-order valence-electron chi connectivity index (χ1n) is 16.0. The number of guanidine groups is 1. The van der Waals surface area contributed by atoms with E-state index in [2.05, 4.69) is 44.9 Å². The Hall–Kier alpha value is -2.21. The summed E-state index contributed by atoms with van der Waals surface area (Å²) in [4.78, 5) is 42.1. The SMILES string of the molecule is CC(C)C[C@H](NC(=O)[C@H](CCCN=C(N)N[N+](=O)[O-])CC(=O)C1(C)CCCCC1)B1O[C@@H]2C[C@@H]3C[C@@H](C3(C)C)[C@]2(C)O1. The van der Waals surface area contributed by atoms with Crippen LogP contribution >= 0.6 is 0 Å². The molecule has 0 aromatic rings. The number of amides is 1. The summed E-state index contributed by atoms with van der Waals surface area (Å²) in [6, 6.07) is 0. The fraction of sp³-hybridized carbons (Fsp3) is 0.900. The summed E-state index contributed by atoms with van der Waals surface area (Å²) in [5, 5.41) is 13.1. The molecule has 1 amide bonds. The maximum atomic E-state index is 13.9. The topological polar surface area (TPSA) is 158 Å². The minimum Gasteiger partial charge on any atom is -0.404 e. The lowest BCUT2D eigenvalue weighted by atomic mass is 9.43. The van der Waals surface area contributed by atoms with E-state index in [-0.39, 0.29) is 53.7 Å². The molecule has 236 valence electrons. The summed E-state index contributed by atoms with van der Waals surface area (Å²) >= 11 is 0. The zero-order valence-electron chi connectivity index (χ0n) is 26.4. The van der Waals surface area contributed by atoms with Crippen LogP contribution < -0.4 is 16.5 Å². The van der Waals surface area contributed by atoms with Crippen LogP contribution in [-0.2, 0) is 18.9 Å². The number of ketones is 1. The van der Waals surface area contributed by atoms with E-state index in [0.717, 1.165) is 44.9 Å². The van der Waals surface area contributed by atoms with Crippen LogP contribution in [0.1, 0.15) is 112 Å². The highest BCUT2D eigenvalue weighted by Gasteiger charge is 2.68. The third kappa shape index (κ3) is 6.95. The molecule has 4 aliphatic carbocycles. The van der Waals surface area contributed by atoms with E-state index < -0.39 is 23.5 Å². The second kappa shape index (κ2) is 12.8. The molecule has 0 aromatic heterocycles. The summed E-state index contributed by atoms with van der Waals surface area (Å²) in [7, 11) is -0.536. The molecular formula is C30H52BN5O6. The average Bonchev–Trinajstić information content (AvgIpc) is 3.26. The molecule has 1 saturated heterocycles. The van der Waals surface area contributed by atoms with Gasteiger partial charge in [-0.25, -0.2) is 15.1 Å². The van der Waals surface area contributed by atoms with Gasteiger partial charge in [0.2, 0.25) is 5.91 Å². The smallest absolute Gasteiger partial charge is 0.404 e. The van der Waals surface area contributed by atoms with Gasteiger partial charge in [-0.1, -0.05) is 59.3 Å². The molecule has 4 saturated carbocycles. The van der Waals surface area contributed by atoms with Gasteiger partial charge >= 0.3 is 7.12 Å². The highest BCUT2D eigenvalue weighted by Crippen LogP contribution is 2.65. The van der Waals surface area contributed by atoms with Crippen molar-refractivity contribution in [2.75, 3.05) is 6.54 Å². The first-order chi connectivity index (χ1) is 19.7. The number of carbonyl (C=O) groups excluding carboxylic acids is 2. The third-order valence-corrected chi connectivity index (χ3v) is 11.0. The molecule has 5 rings (SSSR count). The number of nitrogens with two attached hydrogens (primary N) is 1. The Bertz CT molecular complexity index is 1050. The molecule has 0 unspecified atom stereocenters. The number of hydrazine groups is 1. The molecule has 5 aliphatic rings. The molecule has 0 aromatic carbocycles. The van der Waals surface area contributed by atoms with E-state index in [4.69, 9.17) is 15.0 Å². The Morgan fingerprint density at radius 1 is 1.14 bits per heavy atom. The Morgan fingerprint density at radius 3 is 2.45 bits per heavy atom. The van der Waals surface area contributed by atoms with E-state index >= 15 is 0 Å². The second-order valence-corrected chi connectivity index (χ2v) is 14.8. The van der Waals surface area contributed by atoms with Crippen molar-refractivity contribution in [2.45, 2.75) is 130 Å². The van der Waals surface area contributed by atoms with Crippen LogP contribution in [0.25, 0.3) is 0 Å². The van der Waals surface area contributed by atoms with Gasteiger partial charge in [-0.3, -0.25) is 9.59 Å². The molecular weight excluding hydrogens is 537 g/mol. The van der Waals surface area contributed by atoms with Crippen molar-refractivity contribution < 1.29 is 23.9 Å². The van der Waals surface area contributed by atoms with Gasteiger partial charge in [0.1, 0.15) is 5.78 Å². The van der Waals surface area contributed by atoms with Gasteiger partial charge < -0.3 is 20.4 Å². The minimum atomic E-state index is -0.762. The van der Waals surface area contributed by atoms with Crippen molar-refractivity contribution in [1.29, 1.82) is 0 Å². The quantitative estimate of drug-likeness (QED) is 0.0720. The summed E-state index contributed by atoms with van der Waals surface area (Å²) < 4.78 is 13.3. The molecule has 1 heterocycles. The number of rotatable bonds is 13. The summed E-state index contributed by atoms with van der Waals surface area (Å²) in [5.41, 5.74) is 6.84. The predicted molar refractivity (Wildman–Crippen MR) is 162 cm³/mol. The van der Waals surface area contributed by atoms with Crippen LogP contribution in [0.4, 0.5) is 0 Å². The van der Waals surface area contributed by atoms with Crippen molar-refractivity contribution >= 4 is 24.8 Å². The number of hydrogen-bond donors (Lipinski definition) is 3. The molecule has 5 fully saturated rings. The fourth-order valence-corrected chi connectivity index (χ4v) is 8.19. The standard InChI is InChI=1S/C30H52BN5O6/c1-19(2)15-25(31-41-24-18-21-17-22(28(21,3)4)30(24,6)42-31)34-26(38)20(11-10-14-33-27(32)35-36(39)40)16-23(37)29(5)12-8-7-9-13-29/h19-22,24-25H,7-18H2,1-6H3,(H,34,38)(H3,32,33,35)/t20-,21+,22+,24-,25+,30+/m1/s1. The van der Waals surface area contributed by atoms with Crippen LogP contribution in [0.2, 0.25) is 0 Å². The Balaban J connectivity index is 1.46. The monoisotopic (exact) mass is 589 g/mol. The zero-order chi connectivity index (χ0) is 30.9. The molecule has 11 nitrogen and oxygen atoms in total. The molecule has 12 heteroatoms. The van der Waals surface area contributed by atoms with E-state index in [1.807, 2.05) is 12.3 Å². The van der Waals surface area contributed by atoms with Crippen molar-refractivity contribution in [1.82, 2.24) is 10.7 Å². The first kappa shape index (κ1) is 32.7. The largest absolute Gasteiger partial charge is 0.481 e. The normalized spacial score (nSPS) is 31.1. The van der Waals surface area contributed by atoms with Gasteiger partial charge in [0.15, 0.2) is 5.03 Å². The lowest BCUT2D eigenvalue weighted by molar-refractivity contribution is -0.525. The number of Topliss-reactive ketones (excluding diaryl/α,β-unsaturated/α-hetero) is 1. The average molecular weight is 590 g/mol. The number of nitro groups is 1. The fourth-order valence-electron chi connectivity index (χ4n) is 8.19. The van der Waals surface area contributed by atoms with E-state index in [9.17, 15) is 19.7 Å². The minimum absolute atomic E-state index is 0.0190. The van der Waals surface area contributed by atoms with E-state index in [0.29, 0.717) is 37.0 Å². The number of carbonyl (C=O) groups is 2. The van der Waals surface area contributed by atoms with Crippen molar-refractivity contribution in [3.63, 3.8) is 0 Å². The first-order valence-corrected chi connectivity index (χ1v) is 16.0. The molecule has 0 radical (unpaired) electrons. The van der Waals surface area contributed by atoms with Gasteiger partial charge in [0.05, 0.1) is 17.6 Å². The van der Waals surface area contributed by atoms with Crippen molar-refractivity contribution in [3.8, 4) is 0 Å². The Morgan fingerprint density at radius 2 is 1.83 bits per heavy atom. The van der Waals surface area contributed by atoms with Crippen LogP contribution in [-0.4, -0.2) is 54.0 Å². The maximum Gasteiger partial charge on any atom is 0.481 e. The van der Waals surface area contributed by atoms with Gasteiger partial charge in [-0.05, 0) is 75.0 Å². The molecule has 2 bridgehead atoms.